The summed E-state index contributed by atoms with van der Waals surface area (Å²) in [5.74, 6) is 0.684. The van der Waals surface area contributed by atoms with Crippen LogP contribution in [0.5, 0.6) is 5.88 Å². The summed E-state index contributed by atoms with van der Waals surface area (Å²) in [4.78, 5) is 4.50. The van der Waals surface area contributed by atoms with Crippen molar-refractivity contribution in [1.82, 2.24) is 10.3 Å². The predicted molar refractivity (Wildman–Crippen MR) is 75.3 cm³/mol. The van der Waals surface area contributed by atoms with Gasteiger partial charge >= 0.3 is 0 Å². The van der Waals surface area contributed by atoms with Crippen molar-refractivity contribution in [1.29, 1.82) is 0 Å². The van der Waals surface area contributed by atoms with Crippen molar-refractivity contribution in [3.8, 4) is 5.88 Å². The number of hydrogen-bond acceptors (Lipinski definition) is 4. The Labute approximate surface area is 115 Å². The van der Waals surface area contributed by atoms with Gasteiger partial charge in [-0.1, -0.05) is 6.07 Å². The summed E-state index contributed by atoms with van der Waals surface area (Å²) >= 11 is 0. The Bertz CT molecular complexity index is 395. The lowest BCUT2D eigenvalue weighted by molar-refractivity contribution is 0.0662. The quantitative estimate of drug-likeness (QED) is 0.887. The smallest absolute Gasteiger partial charge is 0.213 e. The van der Waals surface area contributed by atoms with Gasteiger partial charge in [0.2, 0.25) is 5.88 Å². The van der Waals surface area contributed by atoms with Crippen LogP contribution in [0.1, 0.15) is 39.3 Å². The van der Waals surface area contributed by atoms with Crippen LogP contribution in [0, 0.1) is 0 Å². The topological polar surface area (TPSA) is 43.4 Å². The van der Waals surface area contributed by atoms with E-state index in [1.165, 1.54) is 0 Å². The van der Waals surface area contributed by atoms with Crippen molar-refractivity contribution in [3.05, 3.63) is 23.9 Å². The number of pyridine rings is 1. The van der Waals surface area contributed by atoms with Crippen molar-refractivity contribution in [3.63, 3.8) is 0 Å². The Morgan fingerprint density at radius 1 is 1.42 bits per heavy atom. The summed E-state index contributed by atoms with van der Waals surface area (Å²) < 4.78 is 11.2. The van der Waals surface area contributed by atoms with Gasteiger partial charge in [0.1, 0.15) is 6.61 Å². The fourth-order valence-corrected chi connectivity index (χ4v) is 1.95. The third-order valence-electron chi connectivity index (χ3n) is 3.02. The molecule has 1 aliphatic rings. The first-order valence-electron chi connectivity index (χ1n) is 6.98. The van der Waals surface area contributed by atoms with E-state index in [0.717, 1.165) is 31.7 Å². The van der Waals surface area contributed by atoms with Crippen LogP contribution < -0.4 is 10.1 Å². The van der Waals surface area contributed by atoms with E-state index in [0.29, 0.717) is 12.5 Å². The van der Waals surface area contributed by atoms with E-state index in [1.54, 1.807) is 0 Å². The molecular weight excluding hydrogens is 240 g/mol. The van der Waals surface area contributed by atoms with Crippen LogP contribution in [0.15, 0.2) is 18.2 Å². The average molecular weight is 264 g/mol. The summed E-state index contributed by atoms with van der Waals surface area (Å²) in [6.45, 7) is 8.64. The van der Waals surface area contributed by atoms with E-state index < -0.39 is 0 Å². The van der Waals surface area contributed by atoms with Gasteiger partial charge in [0.05, 0.1) is 11.8 Å². The first-order valence-corrected chi connectivity index (χ1v) is 6.98. The van der Waals surface area contributed by atoms with E-state index in [9.17, 15) is 0 Å². The zero-order valence-corrected chi connectivity index (χ0v) is 12.1. The third kappa shape index (κ3) is 5.17. The molecular formula is C15H24N2O2. The molecule has 2 rings (SSSR count). The molecule has 1 N–H and O–H groups in total. The summed E-state index contributed by atoms with van der Waals surface area (Å²) in [5.41, 5.74) is 1.09. The number of ether oxygens (including phenoxy) is 2. The van der Waals surface area contributed by atoms with Crippen LogP contribution in [0.25, 0.3) is 0 Å². The van der Waals surface area contributed by atoms with Gasteiger partial charge in [-0.25, -0.2) is 4.98 Å². The number of rotatable bonds is 5. The van der Waals surface area contributed by atoms with Crippen molar-refractivity contribution in [2.75, 3.05) is 13.2 Å². The minimum atomic E-state index is 0.0935. The van der Waals surface area contributed by atoms with Gasteiger partial charge in [-0.2, -0.15) is 0 Å². The number of aromatic nitrogens is 1. The van der Waals surface area contributed by atoms with Crippen molar-refractivity contribution < 1.29 is 9.47 Å². The molecule has 0 amide bonds. The molecule has 1 saturated heterocycles. The van der Waals surface area contributed by atoms with Crippen LogP contribution in [0.3, 0.4) is 0 Å². The Kier molecular flexibility index (Phi) is 4.77. The zero-order valence-electron chi connectivity index (χ0n) is 12.1. The zero-order chi connectivity index (χ0) is 13.7. The Hall–Kier alpha value is -1.13. The lowest BCUT2D eigenvalue weighted by Crippen LogP contribution is -2.35. The fourth-order valence-electron chi connectivity index (χ4n) is 1.95. The van der Waals surface area contributed by atoms with E-state index in [4.69, 9.17) is 9.47 Å². The Morgan fingerprint density at radius 3 is 2.95 bits per heavy atom. The van der Waals surface area contributed by atoms with E-state index in [-0.39, 0.29) is 11.6 Å². The molecule has 0 aromatic carbocycles. The molecule has 0 saturated carbocycles. The highest BCUT2D eigenvalue weighted by molar-refractivity contribution is 5.16. The summed E-state index contributed by atoms with van der Waals surface area (Å²) in [7, 11) is 0. The largest absolute Gasteiger partial charge is 0.475 e. The first-order chi connectivity index (χ1) is 9.03. The van der Waals surface area contributed by atoms with Gasteiger partial charge in [-0.05, 0) is 39.7 Å². The normalized spacial score (nSPS) is 19.6. The van der Waals surface area contributed by atoms with Crippen LogP contribution >= 0.6 is 0 Å². The number of nitrogens with one attached hydrogen (secondary N) is 1. The fraction of sp³-hybridized carbons (Fsp3) is 0.667. The molecule has 1 atom stereocenters. The molecule has 1 aliphatic heterocycles. The highest BCUT2D eigenvalue weighted by Gasteiger charge is 2.16. The van der Waals surface area contributed by atoms with Crippen molar-refractivity contribution >= 4 is 0 Å². The minimum Gasteiger partial charge on any atom is -0.475 e. The second-order valence-corrected chi connectivity index (χ2v) is 6.02. The molecule has 0 spiro atoms. The number of nitrogens with zero attached hydrogens (tertiary/aromatic N) is 1. The monoisotopic (exact) mass is 264 g/mol. The third-order valence-corrected chi connectivity index (χ3v) is 3.02. The van der Waals surface area contributed by atoms with Gasteiger partial charge < -0.3 is 14.8 Å². The van der Waals surface area contributed by atoms with Crippen LogP contribution in [-0.4, -0.2) is 29.8 Å². The molecule has 1 fully saturated rings. The molecule has 19 heavy (non-hydrogen) atoms. The molecule has 0 bridgehead atoms. The molecule has 1 aromatic rings. The molecule has 1 unspecified atom stereocenters. The maximum Gasteiger partial charge on any atom is 0.213 e. The predicted octanol–water partition coefficient (Wildman–Crippen LogP) is 2.53. The molecule has 0 aliphatic carbocycles. The highest BCUT2D eigenvalue weighted by atomic mass is 16.5. The average Bonchev–Trinajstić information content (AvgIpc) is 2.87. The summed E-state index contributed by atoms with van der Waals surface area (Å²) in [5, 5.41) is 3.42. The summed E-state index contributed by atoms with van der Waals surface area (Å²) in [6.07, 6.45) is 2.46. The van der Waals surface area contributed by atoms with Gasteiger partial charge in [0, 0.05) is 24.8 Å². The van der Waals surface area contributed by atoms with Crippen LogP contribution in [0.2, 0.25) is 0 Å². The maximum atomic E-state index is 5.70. The van der Waals surface area contributed by atoms with E-state index in [2.05, 4.69) is 31.1 Å². The standard InChI is InChI=1S/C15H24N2O2/c1-15(2,3)16-10-12-6-4-8-14(17-12)19-11-13-7-5-9-18-13/h4,6,8,13,16H,5,7,9-11H2,1-3H3. The van der Waals surface area contributed by atoms with Crippen LogP contribution in [-0.2, 0) is 11.3 Å². The van der Waals surface area contributed by atoms with Crippen molar-refractivity contribution in [2.45, 2.75) is 51.8 Å². The van der Waals surface area contributed by atoms with Gasteiger partial charge in [-0.3, -0.25) is 0 Å². The molecule has 106 valence electrons. The Balaban J connectivity index is 1.84. The maximum absolute atomic E-state index is 5.70. The number of hydrogen-bond donors (Lipinski definition) is 1. The molecule has 4 heteroatoms. The molecule has 2 heterocycles. The molecule has 1 aromatic heterocycles. The highest BCUT2D eigenvalue weighted by Crippen LogP contribution is 2.14. The SMILES string of the molecule is CC(C)(C)NCc1cccc(OCC2CCCO2)n1. The van der Waals surface area contributed by atoms with Gasteiger partial charge in [-0.15, -0.1) is 0 Å². The first kappa shape index (κ1) is 14.3. The Morgan fingerprint density at radius 2 is 2.26 bits per heavy atom. The second-order valence-electron chi connectivity index (χ2n) is 6.02. The molecule has 0 radical (unpaired) electrons. The van der Waals surface area contributed by atoms with Crippen molar-refractivity contribution in [2.24, 2.45) is 0 Å². The lowest BCUT2D eigenvalue weighted by atomic mass is 10.1. The molecule has 4 nitrogen and oxygen atoms in total. The second kappa shape index (κ2) is 6.35. The van der Waals surface area contributed by atoms with Crippen LogP contribution in [0.4, 0.5) is 0 Å². The lowest BCUT2D eigenvalue weighted by Gasteiger charge is -2.20. The van der Waals surface area contributed by atoms with Gasteiger partial charge in [0.15, 0.2) is 0 Å². The minimum absolute atomic E-state index is 0.0935. The van der Waals surface area contributed by atoms with E-state index in [1.807, 2.05) is 18.2 Å². The van der Waals surface area contributed by atoms with E-state index >= 15 is 0 Å². The van der Waals surface area contributed by atoms with Gasteiger partial charge in [0.25, 0.3) is 0 Å². The summed E-state index contributed by atoms with van der Waals surface area (Å²) in [6, 6.07) is 5.89.